The van der Waals surface area contributed by atoms with Crippen molar-refractivity contribution < 1.29 is 13.2 Å². The molecule has 20 heavy (non-hydrogen) atoms. The Labute approximate surface area is 121 Å². The molecule has 0 amide bonds. The third kappa shape index (κ3) is 3.57. The molecule has 2 nitrogen and oxygen atoms in total. The van der Waals surface area contributed by atoms with E-state index < -0.39 is 11.7 Å². The second kappa shape index (κ2) is 6.20. The molecule has 0 atom stereocenters. The highest BCUT2D eigenvalue weighted by molar-refractivity contribution is 6.29. The zero-order valence-corrected chi connectivity index (χ0v) is 12.1. The van der Waals surface area contributed by atoms with Crippen molar-refractivity contribution in [2.75, 3.05) is 11.4 Å². The summed E-state index contributed by atoms with van der Waals surface area (Å²) in [5.41, 5.74) is -0.734. The van der Waals surface area contributed by atoms with Crippen LogP contribution < -0.4 is 4.90 Å². The average Bonchev–Trinajstić information content (AvgIpc) is 2.39. The van der Waals surface area contributed by atoms with Gasteiger partial charge in [0, 0.05) is 12.6 Å². The van der Waals surface area contributed by atoms with Gasteiger partial charge in [-0.2, -0.15) is 13.2 Å². The summed E-state index contributed by atoms with van der Waals surface area (Å²) in [6.45, 7) is 2.57. The molecule has 1 fully saturated rings. The van der Waals surface area contributed by atoms with Gasteiger partial charge < -0.3 is 4.90 Å². The lowest BCUT2D eigenvalue weighted by Crippen LogP contribution is -2.37. The molecular formula is C14H18ClF3N2. The van der Waals surface area contributed by atoms with Crippen LogP contribution in [0.2, 0.25) is 5.15 Å². The third-order valence-electron chi connectivity index (χ3n) is 3.76. The molecule has 1 aliphatic rings. The first kappa shape index (κ1) is 15.4. The molecule has 112 valence electrons. The topological polar surface area (TPSA) is 16.1 Å². The number of hydrogen-bond acceptors (Lipinski definition) is 2. The highest BCUT2D eigenvalue weighted by Crippen LogP contribution is 2.34. The Balaban J connectivity index is 2.31. The lowest BCUT2D eigenvalue weighted by molar-refractivity contribution is -0.137. The van der Waals surface area contributed by atoms with Crippen molar-refractivity contribution in [1.82, 2.24) is 4.98 Å². The van der Waals surface area contributed by atoms with Gasteiger partial charge in [-0.25, -0.2) is 4.98 Å². The van der Waals surface area contributed by atoms with Crippen molar-refractivity contribution in [3.05, 3.63) is 22.8 Å². The molecule has 0 radical (unpaired) electrons. The highest BCUT2D eigenvalue weighted by Gasteiger charge is 2.32. The van der Waals surface area contributed by atoms with Gasteiger partial charge in [0.15, 0.2) is 0 Å². The number of alkyl halides is 3. The van der Waals surface area contributed by atoms with E-state index in [4.69, 9.17) is 11.6 Å². The fourth-order valence-electron chi connectivity index (χ4n) is 2.79. The number of halogens is 4. The number of aromatic nitrogens is 1. The van der Waals surface area contributed by atoms with Crippen LogP contribution in [-0.2, 0) is 6.18 Å². The van der Waals surface area contributed by atoms with E-state index in [1.54, 1.807) is 0 Å². The Morgan fingerprint density at radius 1 is 1.25 bits per heavy atom. The molecule has 2 rings (SSSR count). The number of nitrogens with zero attached hydrogens (tertiary/aromatic N) is 2. The molecular weight excluding hydrogens is 289 g/mol. The maximum atomic E-state index is 12.9. The second-order valence-electron chi connectivity index (χ2n) is 5.11. The van der Waals surface area contributed by atoms with Crippen LogP contribution >= 0.6 is 11.6 Å². The molecule has 1 heterocycles. The monoisotopic (exact) mass is 306 g/mol. The molecule has 0 aromatic carbocycles. The molecule has 1 aromatic rings. The summed E-state index contributed by atoms with van der Waals surface area (Å²) in [6, 6.07) is 2.24. The zero-order valence-electron chi connectivity index (χ0n) is 11.4. The maximum absolute atomic E-state index is 12.9. The fourth-order valence-corrected chi connectivity index (χ4v) is 3.00. The van der Waals surface area contributed by atoms with Crippen molar-refractivity contribution in [2.24, 2.45) is 0 Å². The number of rotatable bonds is 3. The molecule has 1 aromatic heterocycles. The summed E-state index contributed by atoms with van der Waals surface area (Å²) in [7, 11) is 0. The lowest BCUT2D eigenvalue weighted by atomic mass is 9.94. The standard InChI is InChI=1S/C14H18ClF3N2/c1-2-20(11-6-4-3-5-7-11)13-9-10(14(16,17)18)8-12(15)19-13/h8-9,11H,2-7H2,1H3. The van der Waals surface area contributed by atoms with Crippen LogP contribution in [0.4, 0.5) is 19.0 Å². The van der Waals surface area contributed by atoms with E-state index >= 15 is 0 Å². The largest absolute Gasteiger partial charge is 0.416 e. The van der Waals surface area contributed by atoms with E-state index in [0.29, 0.717) is 12.4 Å². The summed E-state index contributed by atoms with van der Waals surface area (Å²) in [4.78, 5) is 6.03. The summed E-state index contributed by atoms with van der Waals surface area (Å²) in [6.07, 6.45) is 1.05. The summed E-state index contributed by atoms with van der Waals surface area (Å²) in [5.74, 6) is 0.333. The van der Waals surface area contributed by atoms with Gasteiger partial charge in [0.1, 0.15) is 11.0 Å². The average molecular weight is 307 g/mol. The highest BCUT2D eigenvalue weighted by atomic mass is 35.5. The Hall–Kier alpha value is -0.970. The van der Waals surface area contributed by atoms with Gasteiger partial charge in [0.2, 0.25) is 0 Å². The van der Waals surface area contributed by atoms with Gasteiger partial charge in [-0.05, 0) is 31.9 Å². The molecule has 0 spiro atoms. The molecule has 0 unspecified atom stereocenters. The smallest absolute Gasteiger partial charge is 0.354 e. The summed E-state index contributed by atoms with van der Waals surface area (Å²) >= 11 is 5.76. The predicted octanol–water partition coefficient (Wildman–Crippen LogP) is 4.91. The molecule has 6 heteroatoms. The zero-order chi connectivity index (χ0) is 14.8. The Morgan fingerprint density at radius 3 is 2.45 bits per heavy atom. The van der Waals surface area contributed by atoms with Crippen LogP contribution in [-0.4, -0.2) is 17.6 Å². The molecule has 1 saturated carbocycles. The van der Waals surface area contributed by atoms with E-state index in [-0.39, 0.29) is 11.2 Å². The van der Waals surface area contributed by atoms with Crippen molar-refractivity contribution >= 4 is 17.4 Å². The van der Waals surface area contributed by atoms with Crippen molar-refractivity contribution in [3.63, 3.8) is 0 Å². The van der Waals surface area contributed by atoms with Crippen molar-refractivity contribution in [1.29, 1.82) is 0 Å². The second-order valence-corrected chi connectivity index (χ2v) is 5.50. The SMILES string of the molecule is CCN(c1cc(C(F)(F)F)cc(Cl)n1)C1CCCCC1. The number of pyridine rings is 1. The van der Waals surface area contributed by atoms with Gasteiger partial charge in [0.05, 0.1) is 5.56 Å². The first-order valence-electron chi connectivity index (χ1n) is 6.93. The fraction of sp³-hybridized carbons (Fsp3) is 0.643. The Kier molecular flexibility index (Phi) is 4.78. The normalized spacial score (nSPS) is 17.2. The van der Waals surface area contributed by atoms with E-state index in [1.165, 1.54) is 6.42 Å². The minimum Gasteiger partial charge on any atom is -0.354 e. The predicted molar refractivity (Wildman–Crippen MR) is 74.1 cm³/mol. The number of anilines is 1. The van der Waals surface area contributed by atoms with Crippen LogP contribution in [0.1, 0.15) is 44.6 Å². The first-order valence-corrected chi connectivity index (χ1v) is 7.31. The summed E-state index contributed by atoms with van der Waals surface area (Å²) in [5, 5.41) is -0.107. The van der Waals surface area contributed by atoms with Gasteiger partial charge in [-0.15, -0.1) is 0 Å². The first-order chi connectivity index (χ1) is 9.41. The van der Waals surface area contributed by atoms with Crippen LogP contribution in [0, 0.1) is 0 Å². The van der Waals surface area contributed by atoms with Crippen molar-refractivity contribution in [2.45, 2.75) is 51.2 Å². The minimum atomic E-state index is -4.40. The van der Waals surface area contributed by atoms with Gasteiger partial charge in [0.25, 0.3) is 0 Å². The molecule has 1 aliphatic carbocycles. The summed E-state index contributed by atoms with van der Waals surface area (Å²) < 4.78 is 38.6. The Morgan fingerprint density at radius 2 is 1.90 bits per heavy atom. The number of hydrogen-bond donors (Lipinski definition) is 0. The molecule has 0 bridgehead atoms. The minimum absolute atomic E-state index is 0.107. The van der Waals surface area contributed by atoms with E-state index in [0.717, 1.165) is 37.8 Å². The molecule has 0 aliphatic heterocycles. The van der Waals surface area contributed by atoms with Crippen LogP contribution in [0.5, 0.6) is 0 Å². The van der Waals surface area contributed by atoms with Crippen LogP contribution in [0.3, 0.4) is 0 Å². The van der Waals surface area contributed by atoms with Crippen LogP contribution in [0.25, 0.3) is 0 Å². The lowest BCUT2D eigenvalue weighted by Gasteiger charge is -2.34. The van der Waals surface area contributed by atoms with Gasteiger partial charge in [-0.1, -0.05) is 30.9 Å². The maximum Gasteiger partial charge on any atom is 0.416 e. The Bertz CT molecular complexity index is 456. The molecule has 0 saturated heterocycles. The quantitative estimate of drug-likeness (QED) is 0.737. The van der Waals surface area contributed by atoms with Crippen LogP contribution in [0.15, 0.2) is 12.1 Å². The van der Waals surface area contributed by atoms with Crippen molar-refractivity contribution in [3.8, 4) is 0 Å². The molecule has 0 N–H and O–H groups in total. The van der Waals surface area contributed by atoms with E-state index in [2.05, 4.69) is 4.98 Å². The van der Waals surface area contributed by atoms with Gasteiger partial charge in [-0.3, -0.25) is 0 Å². The van der Waals surface area contributed by atoms with Gasteiger partial charge >= 0.3 is 6.18 Å². The van der Waals surface area contributed by atoms with E-state index in [9.17, 15) is 13.2 Å². The van der Waals surface area contributed by atoms with E-state index in [1.807, 2.05) is 11.8 Å². The third-order valence-corrected chi connectivity index (χ3v) is 3.95.